The van der Waals surface area contributed by atoms with E-state index in [-0.39, 0.29) is 11.2 Å². The fourth-order valence-electron chi connectivity index (χ4n) is 1.46. The van der Waals surface area contributed by atoms with Gasteiger partial charge in [0.2, 0.25) is 5.91 Å². The van der Waals surface area contributed by atoms with Gasteiger partial charge in [0, 0.05) is 5.02 Å². The first-order chi connectivity index (χ1) is 9.19. The number of nitrogens with one attached hydrogen (secondary N) is 1. The van der Waals surface area contributed by atoms with Crippen LogP contribution in [0.1, 0.15) is 12.0 Å². The average molecular weight is 294 g/mol. The summed E-state index contributed by atoms with van der Waals surface area (Å²) in [6.07, 6.45) is 3.95. The van der Waals surface area contributed by atoms with Crippen LogP contribution < -0.4 is 5.32 Å². The topological polar surface area (TPSA) is 53.8 Å². The maximum atomic E-state index is 11.5. The summed E-state index contributed by atoms with van der Waals surface area (Å²) >= 11 is 7.14. The zero-order valence-electron chi connectivity index (χ0n) is 10.0. The molecule has 0 radical (unpaired) electrons. The van der Waals surface area contributed by atoms with Crippen molar-refractivity contribution >= 4 is 40.7 Å². The molecule has 98 valence electrons. The zero-order chi connectivity index (χ0) is 13.7. The van der Waals surface area contributed by atoms with Crippen molar-refractivity contribution < 1.29 is 4.79 Å². The van der Waals surface area contributed by atoms with Crippen molar-refractivity contribution in [2.24, 2.45) is 10.2 Å². The van der Waals surface area contributed by atoms with Crippen LogP contribution in [0.25, 0.3) is 0 Å². The third-order valence-electron chi connectivity index (χ3n) is 2.38. The van der Waals surface area contributed by atoms with Crippen LogP contribution in [-0.2, 0) is 4.79 Å². The van der Waals surface area contributed by atoms with Gasteiger partial charge in [0.1, 0.15) is 0 Å². The Labute approximate surface area is 120 Å². The number of halogens is 1. The number of thioether (sulfide) groups is 1. The summed E-state index contributed by atoms with van der Waals surface area (Å²) in [6, 6.07) is 7.24. The Morgan fingerprint density at radius 2 is 2.16 bits per heavy atom. The molecular weight excluding hydrogens is 282 g/mol. The molecular formula is C13H12ClN3OS. The van der Waals surface area contributed by atoms with Crippen molar-refractivity contribution in [1.29, 1.82) is 0 Å². The van der Waals surface area contributed by atoms with Gasteiger partial charge >= 0.3 is 0 Å². The number of rotatable bonds is 4. The highest BCUT2D eigenvalue weighted by Crippen LogP contribution is 2.22. The predicted molar refractivity (Wildman–Crippen MR) is 80.8 cm³/mol. The molecule has 19 heavy (non-hydrogen) atoms. The van der Waals surface area contributed by atoms with Crippen LogP contribution in [-0.4, -0.2) is 22.5 Å². The Bertz CT molecular complexity index is 539. The van der Waals surface area contributed by atoms with E-state index in [2.05, 4.69) is 22.1 Å². The number of nitrogens with zero attached hydrogens (tertiary/aromatic N) is 2. The van der Waals surface area contributed by atoms with Crippen LogP contribution in [0, 0.1) is 0 Å². The third-order valence-corrected chi connectivity index (χ3v) is 3.73. The quantitative estimate of drug-likeness (QED) is 0.527. The van der Waals surface area contributed by atoms with E-state index < -0.39 is 0 Å². The zero-order valence-corrected chi connectivity index (χ0v) is 11.6. The van der Waals surface area contributed by atoms with Gasteiger partial charge in [-0.15, -0.1) is 11.7 Å². The summed E-state index contributed by atoms with van der Waals surface area (Å²) in [7, 11) is 0. The van der Waals surface area contributed by atoms with Gasteiger partial charge in [0.15, 0.2) is 5.17 Å². The van der Waals surface area contributed by atoms with Gasteiger partial charge < -0.3 is 5.32 Å². The van der Waals surface area contributed by atoms with Crippen molar-refractivity contribution in [2.75, 3.05) is 0 Å². The van der Waals surface area contributed by atoms with Crippen LogP contribution in [0.5, 0.6) is 0 Å². The fourth-order valence-corrected chi connectivity index (χ4v) is 2.50. The normalized spacial score (nSPS) is 21.0. The summed E-state index contributed by atoms with van der Waals surface area (Å²) in [5.41, 5.74) is 0.894. The van der Waals surface area contributed by atoms with Crippen molar-refractivity contribution in [3.63, 3.8) is 0 Å². The lowest BCUT2D eigenvalue weighted by atomic mass is 10.2. The lowest BCUT2D eigenvalue weighted by Crippen LogP contribution is -2.24. The van der Waals surface area contributed by atoms with Crippen LogP contribution in [0.15, 0.2) is 47.1 Å². The highest BCUT2D eigenvalue weighted by Gasteiger charge is 2.28. The lowest BCUT2D eigenvalue weighted by molar-refractivity contribution is -0.118. The average Bonchev–Trinajstić information content (AvgIpc) is 2.73. The van der Waals surface area contributed by atoms with Crippen LogP contribution >= 0.6 is 23.4 Å². The molecule has 1 aliphatic rings. The molecule has 0 bridgehead atoms. The summed E-state index contributed by atoms with van der Waals surface area (Å²) in [6.45, 7) is 3.62. The fraction of sp³-hybridized carbons (Fsp3) is 0.154. The summed E-state index contributed by atoms with van der Waals surface area (Å²) in [5.74, 6) is -0.0506. The Balaban J connectivity index is 1.98. The largest absolute Gasteiger partial charge is 0.303 e. The van der Waals surface area contributed by atoms with E-state index in [1.54, 1.807) is 24.4 Å². The van der Waals surface area contributed by atoms with E-state index in [9.17, 15) is 4.79 Å². The maximum absolute atomic E-state index is 11.5. The van der Waals surface area contributed by atoms with Crippen molar-refractivity contribution in [3.8, 4) is 0 Å². The van der Waals surface area contributed by atoms with E-state index in [1.807, 2.05) is 12.1 Å². The molecule has 0 unspecified atom stereocenters. The van der Waals surface area contributed by atoms with Crippen LogP contribution in [0.3, 0.4) is 0 Å². The highest BCUT2D eigenvalue weighted by atomic mass is 35.5. The molecule has 0 saturated carbocycles. The van der Waals surface area contributed by atoms with E-state index in [4.69, 9.17) is 11.6 Å². The molecule has 2 rings (SSSR count). The second kappa shape index (κ2) is 6.54. The predicted octanol–water partition coefficient (Wildman–Crippen LogP) is 2.84. The number of benzene rings is 1. The number of amidine groups is 1. The molecule has 1 aromatic carbocycles. The van der Waals surface area contributed by atoms with Crippen molar-refractivity contribution in [3.05, 3.63) is 47.5 Å². The van der Waals surface area contributed by atoms with Crippen LogP contribution in [0.4, 0.5) is 0 Å². The molecule has 0 spiro atoms. The van der Waals surface area contributed by atoms with Gasteiger partial charge in [0.05, 0.1) is 11.5 Å². The second-order valence-corrected chi connectivity index (χ2v) is 5.45. The molecule has 1 N–H and O–H groups in total. The van der Waals surface area contributed by atoms with Gasteiger partial charge in [-0.1, -0.05) is 41.6 Å². The van der Waals surface area contributed by atoms with E-state index >= 15 is 0 Å². The Morgan fingerprint density at radius 1 is 1.42 bits per heavy atom. The molecule has 1 aliphatic heterocycles. The minimum absolute atomic E-state index is 0.0506. The first-order valence-corrected chi connectivity index (χ1v) is 6.90. The van der Waals surface area contributed by atoms with E-state index in [0.717, 1.165) is 5.56 Å². The highest BCUT2D eigenvalue weighted by molar-refractivity contribution is 8.15. The molecule has 0 aromatic heterocycles. The van der Waals surface area contributed by atoms with Crippen molar-refractivity contribution in [2.45, 2.75) is 11.7 Å². The van der Waals surface area contributed by atoms with E-state index in [1.165, 1.54) is 11.8 Å². The Morgan fingerprint density at radius 3 is 2.84 bits per heavy atom. The first kappa shape index (κ1) is 13.8. The monoisotopic (exact) mass is 293 g/mol. The standard InChI is InChI=1S/C13H12ClN3OS/c1-2-3-11-12(18)16-13(19-11)17-15-8-9-4-6-10(14)7-5-9/h2,4-8,11H,1,3H2,(H,16,17,18)/b15-8-/t11-/m1/s1. The molecule has 4 nitrogen and oxygen atoms in total. The maximum Gasteiger partial charge on any atom is 0.239 e. The Hall–Kier alpha value is -1.59. The minimum Gasteiger partial charge on any atom is -0.303 e. The minimum atomic E-state index is -0.151. The van der Waals surface area contributed by atoms with E-state index in [0.29, 0.717) is 16.6 Å². The Kier molecular flexibility index (Phi) is 4.76. The molecule has 1 saturated heterocycles. The number of allylic oxidation sites excluding steroid dienone is 1. The molecule has 6 heteroatoms. The number of hydrogen-bond acceptors (Lipinski definition) is 4. The van der Waals surface area contributed by atoms with Crippen LogP contribution in [0.2, 0.25) is 5.02 Å². The first-order valence-electron chi connectivity index (χ1n) is 5.64. The smallest absolute Gasteiger partial charge is 0.239 e. The number of hydrogen-bond donors (Lipinski definition) is 1. The summed E-state index contributed by atoms with van der Waals surface area (Å²) in [4.78, 5) is 11.5. The molecule has 1 aromatic rings. The summed E-state index contributed by atoms with van der Waals surface area (Å²) in [5, 5.41) is 11.6. The van der Waals surface area contributed by atoms with Gasteiger partial charge in [-0.25, -0.2) is 0 Å². The molecule has 1 fully saturated rings. The second-order valence-electron chi connectivity index (χ2n) is 3.82. The van der Waals surface area contributed by atoms with Gasteiger partial charge in [-0.2, -0.15) is 5.10 Å². The number of carbonyl (C=O) groups excluding carboxylic acids is 1. The lowest BCUT2D eigenvalue weighted by Gasteiger charge is -1.97. The SMILES string of the molecule is C=CC[C@H]1S/C(=N\N=C/c2ccc(Cl)cc2)NC1=O. The van der Waals surface area contributed by atoms with Gasteiger partial charge in [-0.05, 0) is 24.1 Å². The molecule has 0 aliphatic carbocycles. The molecule has 1 amide bonds. The molecule has 1 atom stereocenters. The van der Waals surface area contributed by atoms with Gasteiger partial charge in [0.25, 0.3) is 0 Å². The third kappa shape index (κ3) is 3.94. The number of carbonyl (C=O) groups is 1. The van der Waals surface area contributed by atoms with Crippen molar-refractivity contribution in [1.82, 2.24) is 5.32 Å². The van der Waals surface area contributed by atoms with Gasteiger partial charge in [-0.3, -0.25) is 4.79 Å². The molecule has 1 heterocycles. The summed E-state index contributed by atoms with van der Waals surface area (Å²) < 4.78 is 0. The number of amides is 1.